The van der Waals surface area contributed by atoms with Crippen LogP contribution in [0.25, 0.3) is 0 Å². The molecule has 98 valence electrons. The fourth-order valence-corrected chi connectivity index (χ4v) is 1.59. The van der Waals surface area contributed by atoms with Crippen molar-refractivity contribution in [3.8, 4) is 5.75 Å². The summed E-state index contributed by atoms with van der Waals surface area (Å²) >= 11 is 0. The van der Waals surface area contributed by atoms with E-state index in [9.17, 15) is 14.7 Å². The largest absolute Gasteiger partial charge is 0.508 e. The number of hydrogen-bond acceptors (Lipinski definition) is 4. The number of amides is 1. The second kappa shape index (κ2) is 6.64. The lowest BCUT2D eigenvalue weighted by Crippen LogP contribution is -2.28. The summed E-state index contributed by atoms with van der Waals surface area (Å²) in [6.45, 7) is 3.42. The van der Waals surface area contributed by atoms with Gasteiger partial charge in [-0.25, -0.2) is 0 Å². The predicted molar refractivity (Wildman–Crippen MR) is 65.9 cm³/mol. The number of esters is 1. The van der Waals surface area contributed by atoms with Gasteiger partial charge in [-0.1, -0.05) is 12.1 Å². The smallest absolute Gasteiger partial charge is 0.308 e. The van der Waals surface area contributed by atoms with Gasteiger partial charge in [0.2, 0.25) is 5.91 Å². The second-order valence-electron chi connectivity index (χ2n) is 3.85. The Morgan fingerprint density at radius 3 is 2.44 bits per heavy atom. The topological polar surface area (TPSA) is 75.6 Å². The van der Waals surface area contributed by atoms with Crippen LogP contribution in [-0.4, -0.2) is 23.6 Å². The van der Waals surface area contributed by atoms with E-state index >= 15 is 0 Å². The van der Waals surface area contributed by atoms with Crippen molar-refractivity contribution in [1.29, 1.82) is 0 Å². The molecule has 0 aliphatic heterocycles. The molecule has 1 aromatic rings. The Bertz CT molecular complexity index is 414. The minimum atomic E-state index is -0.442. The summed E-state index contributed by atoms with van der Waals surface area (Å²) in [6.07, 6.45) is 0.0677. The number of carbonyl (C=O) groups is 2. The maximum atomic E-state index is 11.5. The van der Waals surface area contributed by atoms with Gasteiger partial charge in [0, 0.05) is 6.92 Å². The van der Waals surface area contributed by atoms with Gasteiger partial charge in [-0.05, 0) is 24.6 Å². The first-order chi connectivity index (χ1) is 8.52. The van der Waals surface area contributed by atoms with Crippen molar-refractivity contribution in [3.63, 3.8) is 0 Å². The fraction of sp³-hybridized carbons (Fsp3) is 0.385. The van der Waals surface area contributed by atoms with Crippen LogP contribution in [0.4, 0.5) is 0 Å². The van der Waals surface area contributed by atoms with E-state index in [4.69, 9.17) is 4.74 Å². The van der Waals surface area contributed by atoms with Gasteiger partial charge in [-0.2, -0.15) is 0 Å². The number of phenolic OH excluding ortho intramolecular Hbond substituents is 1. The molecular weight excluding hydrogens is 234 g/mol. The molecule has 0 radical (unpaired) electrons. The Balaban J connectivity index is 2.80. The van der Waals surface area contributed by atoms with Crippen molar-refractivity contribution in [2.24, 2.45) is 0 Å². The number of rotatable bonds is 5. The molecule has 2 N–H and O–H groups in total. The van der Waals surface area contributed by atoms with E-state index in [1.165, 1.54) is 19.1 Å². The molecule has 0 aromatic heterocycles. The Hall–Kier alpha value is -2.04. The van der Waals surface area contributed by atoms with Crippen LogP contribution in [0.15, 0.2) is 24.3 Å². The molecule has 0 saturated heterocycles. The van der Waals surface area contributed by atoms with Gasteiger partial charge < -0.3 is 15.2 Å². The lowest BCUT2D eigenvalue weighted by Gasteiger charge is -2.17. The first kappa shape index (κ1) is 14.0. The van der Waals surface area contributed by atoms with Crippen molar-refractivity contribution >= 4 is 11.9 Å². The standard InChI is InChI=1S/C13H17NO4/c1-3-18-13(17)8-12(14-9(2)15)10-4-6-11(16)7-5-10/h4-7,12,16H,3,8H2,1-2H3,(H,14,15)/t12-/m1/s1. The Labute approximate surface area is 106 Å². The van der Waals surface area contributed by atoms with Crippen molar-refractivity contribution < 1.29 is 19.4 Å². The normalized spacial score (nSPS) is 11.7. The zero-order chi connectivity index (χ0) is 13.5. The molecule has 5 nitrogen and oxygen atoms in total. The van der Waals surface area contributed by atoms with Crippen molar-refractivity contribution in [1.82, 2.24) is 5.32 Å². The van der Waals surface area contributed by atoms with Gasteiger partial charge in [-0.15, -0.1) is 0 Å². The van der Waals surface area contributed by atoms with Crippen LogP contribution in [-0.2, 0) is 14.3 Å². The number of nitrogens with one attached hydrogen (secondary N) is 1. The summed E-state index contributed by atoms with van der Waals surface area (Å²) in [4.78, 5) is 22.6. The maximum absolute atomic E-state index is 11.5. The zero-order valence-electron chi connectivity index (χ0n) is 10.5. The highest BCUT2D eigenvalue weighted by molar-refractivity contribution is 5.76. The van der Waals surface area contributed by atoms with E-state index in [1.807, 2.05) is 0 Å². The summed E-state index contributed by atoms with van der Waals surface area (Å²) < 4.78 is 4.86. The van der Waals surface area contributed by atoms with E-state index in [-0.39, 0.29) is 24.0 Å². The maximum Gasteiger partial charge on any atom is 0.308 e. The van der Waals surface area contributed by atoms with Crippen LogP contribution in [0.2, 0.25) is 0 Å². The molecule has 0 saturated carbocycles. The SMILES string of the molecule is CCOC(=O)C[C@@H](NC(C)=O)c1ccc(O)cc1. The van der Waals surface area contributed by atoms with Crippen molar-refractivity contribution in [2.75, 3.05) is 6.61 Å². The number of hydrogen-bond donors (Lipinski definition) is 2. The lowest BCUT2D eigenvalue weighted by molar-refractivity contribution is -0.143. The Kier molecular flexibility index (Phi) is 5.17. The highest BCUT2D eigenvalue weighted by Crippen LogP contribution is 2.20. The van der Waals surface area contributed by atoms with Crippen LogP contribution in [0.3, 0.4) is 0 Å². The van der Waals surface area contributed by atoms with E-state index in [1.54, 1.807) is 19.1 Å². The molecule has 1 aromatic carbocycles. The summed E-state index contributed by atoms with van der Waals surface area (Å²) in [7, 11) is 0. The molecule has 0 bridgehead atoms. The molecule has 0 aliphatic carbocycles. The number of aromatic hydroxyl groups is 1. The second-order valence-corrected chi connectivity index (χ2v) is 3.85. The zero-order valence-corrected chi connectivity index (χ0v) is 10.5. The molecule has 5 heteroatoms. The number of benzene rings is 1. The average Bonchev–Trinajstić information content (AvgIpc) is 2.28. The van der Waals surface area contributed by atoms with Gasteiger partial charge in [-0.3, -0.25) is 9.59 Å². The van der Waals surface area contributed by atoms with Gasteiger partial charge in [0.1, 0.15) is 5.75 Å². The van der Waals surface area contributed by atoms with E-state index in [0.717, 1.165) is 5.56 Å². The third-order valence-corrected chi connectivity index (χ3v) is 2.35. The van der Waals surface area contributed by atoms with Crippen molar-refractivity contribution in [3.05, 3.63) is 29.8 Å². The van der Waals surface area contributed by atoms with Crippen LogP contribution in [0, 0.1) is 0 Å². The van der Waals surface area contributed by atoms with E-state index in [0.29, 0.717) is 6.61 Å². The van der Waals surface area contributed by atoms with Gasteiger partial charge in [0.05, 0.1) is 19.1 Å². The molecule has 0 aliphatic rings. The van der Waals surface area contributed by atoms with E-state index < -0.39 is 6.04 Å². The van der Waals surface area contributed by atoms with Gasteiger partial charge >= 0.3 is 5.97 Å². The lowest BCUT2D eigenvalue weighted by atomic mass is 10.0. The van der Waals surface area contributed by atoms with E-state index in [2.05, 4.69) is 5.32 Å². The van der Waals surface area contributed by atoms with Gasteiger partial charge in [0.15, 0.2) is 0 Å². The fourth-order valence-electron chi connectivity index (χ4n) is 1.59. The van der Waals surface area contributed by atoms with Crippen LogP contribution >= 0.6 is 0 Å². The highest BCUT2D eigenvalue weighted by atomic mass is 16.5. The molecule has 1 rings (SSSR count). The van der Waals surface area contributed by atoms with Crippen LogP contribution < -0.4 is 5.32 Å². The summed E-state index contributed by atoms with van der Waals surface area (Å²) in [6, 6.07) is 5.90. The molecule has 18 heavy (non-hydrogen) atoms. The Morgan fingerprint density at radius 2 is 1.94 bits per heavy atom. The molecule has 1 atom stereocenters. The molecule has 0 heterocycles. The molecule has 0 fully saturated rings. The van der Waals surface area contributed by atoms with Gasteiger partial charge in [0.25, 0.3) is 0 Å². The number of ether oxygens (including phenoxy) is 1. The summed E-state index contributed by atoms with van der Waals surface area (Å²) in [5.41, 5.74) is 0.746. The first-order valence-corrected chi connectivity index (χ1v) is 5.74. The first-order valence-electron chi connectivity index (χ1n) is 5.74. The molecule has 1 amide bonds. The van der Waals surface area contributed by atoms with Crippen LogP contribution in [0.5, 0.6) is 5.75 Å². The summed E-state index contributed by atoms with van der Waals surface area (Å²) in [5, 5.41) is 11.9. The molecule has 0 spiro atoms. The third-order valence-electron chi connectivity index (χ3n) is 2.35. The minimum absolute atomic E-state index is 0.0677. The Morgan fingerprint density at radius 1 is 1.33 bits per heavy atom. The summed E-state index contributed by atoms with van der Waals surface area (Å²) in [5.74, 6) is -0.460. The minimum Gasteiger partial charge on any atom is -0.508 e. The molecule has 0 unspecified atom stereocenters. The third kappa shape index (κ3) is 4.45. The molecular formula is C13H17NO4. The van der Waals surface area contributed by atoms with Crippen molar-refractivity contribution in [2.45, 2.75) is 26.3 Å². The number of carbonyl (C=O) groups excluding carboxylic acids is 2. The number of phenols is 1. The monoisotopic (exact) mass is 251 g/mol. The average molecular weight is 251 g/mol. The van der Waals surface area contributed by atoms with Crippen LogP contribution in [0.1, 0.15) is 31.9 Å². The predicted octanol–water partition coefficient (Wildman–Crippen LogP) is 1.52. The quantitative estimate of drug-likeness (QED) is 0.778. The highest BCUT2D eigenvalue weighted by Gasteiger charge is 2.17.